The number of nitrogens with zero attached hydrogens (tertiary/aromatic N) is 2. The zero-order valence-electron chi connectivity index (χ0n) is 15.5. The minimum atomic E-state index is -0.107. The molecule has 3 rings (SSSR count). The first-order valence-electron chi connectivity index (χ1n) is 9.26. The van der Waals surface area contributed by atoms with Crippen molar-refractivity contribution in [3.05, 3.63) is 57.7 Å². The van der Waals surface area contributed by atoms with Gasteiger partial charge in [-0.3, -0.25) is 9.59 Å². The molecule has 1 N–H and O–H groups in total. The van der Waals surface area contributed by atoms with Crippen molar-refractivity contribution >= 4 is 45.8 Å². The number of carbonyl (C=O) groups is 2. The van der Waals surface area contributed by atoms with Crippen LogP contribution in [0.3, 0.4) is 0 Å². The van der Waals surface area contributed by atoms with E-state index in [2.05, 4.69) is 32.8 Å². The van der Waals surface area contributed by atoms with Gasteiger partial charge in [0.15, 0.2) is 0 Å². The van der Waals surface area contributed by atoms with Crippen molar-refractivity contribution in [1.82, 2.24) is 4.90 Å². The maximum absolute atomic E-state index is 12.3. The standard InChI is InChI=1S/C21H24IN3O2/c1-2-4-20(26)25-13-11-24(12-14-25)19-9-7-18(8-10-19)23-21(27)16-5-3-6-17(22)15-16/h3,5-10,15H,2,4,11-14H2,1H3,(H,23,27). The lowest BCUT2D eigenvalue weighted by molar-refractivity contribution is -0.131. The number of halogens is 1. The minimum absolute atomic E-state index is 0.107. The third-order valence-electron chi connectivity index (χ3n) is 4.67. The summed E-state index contributed by atoms with van der Waals surface area (Å²) in [6.45, 7) is 5.24. The van der Waals surface area contributed by atoms with Crippen LogP contribution in [0.5, 0.6) is 0 Å². The fraction of sp³-hybridized carbons (Fsp3) is 0.333. The van der Waals surface area contributed by atoms with E-state index in [0.717, 1.165) is 47.5 Å². The fourth-order valence-electron chi connectivity index (χ4n) is 3.17. The average molecular weight is 477 g/mol. The Balaban J connectivity index is 1.56. The second-order valence-corrected chi connectivity index (χ2v) is 7.87. The Morgan fingerprint density at radius 1 is 1.04 bits per heavy atom. The van der Waals surface area contributed by atoms with Gasteiger partial charge in [-0.25, -0.2) is 0 Å². The Bertz CT molecular complexity index is 799. The lowest BCUT2D eigenvalue weighted by Gasteiger charge is -2.36. The predicted molar refractivity (Wildman–Crippen MR) is 117 cm³/mol. The van der Waals surface area contributed by atoms with Crippen LogP contribution in [0, 0.1) is 3.57 Å². The molecule has 142 valence electrons. The molecular formula is C21H24IN3O2. The van der Waals surface area contributed by atoms with Crippen LogP contribution in [0.2, 0.25) is 0 Å². The van der Waals surface area contributed by atoms with Crippen LogP contribution in [0.15, 0.2) is 48.5 Å². The van der Waals surface area contributed by atoms with E-state index in [4.69, 9.17) is 0 Å². The molecule has 0 aromatic heterocycles. The van der Waals surface area contributed by atoms with Gasteiger partial charge in [-0.15, -0.1) is 0 Å². The molecule has 1 saturated heterocycles. The number of piperazine rings is 1. The van der Waals surface area contributed by atoms with E-state index < -0.39 is 0 Å². The number of benzene rings is 2. The van der Waals surface area contributed by atoms with Crippen LogP contribution in [-0.4, -0.2) is 42.9 Å². The molecule has 1 heterocycles. The predicted octanol–water partition coefficient (Wildman–Crippen LogP) is 3.99. The van der Waals surface area contributed by atoms with Crippen molar-refractivity contribution in [2.75, 3.05) is 36.4 Å². The van der Waals surface area contributed by atoms with Crippen LogP contribution in [0.1, 0.15) is 30.1 Å². The second kappa shape index (κ2) is 9.21. The van der Waals surface area contributed by atoms with Gasteiger partial charge in [-0.1, -0.05) is 13.0 Å². The molecule has 1 aliphatic rings. The smallest absolute Gasteiger partial charge is 0.255 e. The monoisotopic (exact) mass is 477 g/mol. The largest absolute Gasteiger partial charge is 0.368 e. The number of anilines is 2. The SMILES string of the molecule is CCCC(=O)N1CCN(c2ccc(NC(=O)c3cccc(I)c3)cc2)CC1. The highest BCUT2D eigenvalue weighted by Crippen LogP contribution is 2.20. The molecule has 2 aromatic carbocycles. The molecule has 0 radical (unpaired) electrons. The molecule has 5 nitrogen and oxygen atoms in total. The Kier molecular flexibility index (Phi) is 6.71. The highest BCUT2D eigenvalue weighted by molar-refractivity contribution is 14.1. The molecule has 6 heteroatoms. The van der Waals surface area contributed by atoms with E-state index in [-0.39, 0.29) is 11.8 Å². The summed E-state index contributed by atoms with van der Waals surface area (Å²) in [5.74, 6) is 0.148. The first kappa shape index (κ1) is 19.7. The molecule has 0 aliphatic carbocycles. The van der Waals surface area contributed by atoms with Crippen molar-refractivity contribution in [2.45, 2.75) is 19.8 Å². The molecule has 27 heavy (non-hydrogen) atoms. The molecule has 2 aromatic rings. The lowest BCUT2D eigenvalue weighted by atomic mass is 10.2. The van der Waals surface area contributed by atoms with E-state index in [1.807, 2.05) is 60.4 Å². The number of amides is 2. The fourth-order valence-corrected chi connectivity index (χ4v) is 3.72. The zero-order valence-corrected chi connectivity index (χ0v) is 17.6. The third-order valence-corrected chi connectivity index (χ3v) is 5.34. The van der Waals surface area contributed by atoms with Gasteiger partial charge in [0.1, 0.15) is 0 Å². The van der Waals surface area contributed by atoms with E-state index in [1.54, 1.807) is 0 Å². The number of carbonyl (C=O) groups excluding carboxylic acids is 2. The van der Waals surface area contributed by atoms with Crippen LogP contribution >= 0.6 is 22.6 Å². The second-order valence-electron chi connectivity index (χ2n) is 6.63. The topological polar surface area (TPSA) is 52.7 Å². The molecule has 0 saturated carbocycles. The lowest BCUT2D eigenvalue weighted by Crippen LogP contribution is -2.48. The summed E-state index contributed by atoms with van der Waals surface area (Å²) in [7, 11) is 0. The van der Waals surface area contributed by atoms with E-state index >= 15 is 0 Å². The van der Waals surface area contributed by atoms with E-state index in [1.165, 1.54) is 0 Å². The normalized spacial score (nSPS) is 14.1. The Labute approximate surface area is 173 Å². The number of hydrogen-bond donors (Lipinski definition) is 1. The van der Waals surface area contributed by atoms with E-state index in [9.17, 15) is 9.59 Å². The highest BCUT2D eigenvalue weighted by atomic mass is 127. The molecule has 0 atom stereocenters. The number of rotatable bonds is 5. The van der Waals surface area contributed by atoms with Crippen LogP contribution < -0.4 is 10.2 Å². The van der Waals surface area contributed by atoms with Gasteiger partial charge in [-0.05, 0) is 71.5 Å². The van der Waals surface area contributed by atoms with E-state index in [0.29, 0.717) is 12.0 Å². The molecule has 2 amide bonds. The number of hydrogen-bond acceptors (Lipinski definition) is 3. The van der Waals surface area contributed by atoms with Gasteiger partial charge in [0.2, 0.25) is 5.91 Å². The third kappa shape index (κ3) is 5.22. The molecule has 0 bridgehead atoms. The first-order valence-corrected chi connectivity index (χ1v) is 10.3. The van der Waals surface area contributed by atoms with Crippen molar-refractivity contribution in [3.63, 3.8) is 0 Å². The zero-order chi connectivity index (χ0) is 19.2. The van der Waals surface area contributed by atoms with Gasteiger partial charge in [0.05, 0.1) is 0 Å². The van der Waals surface area contributed by atoms with Crippen LogP contribution in [0.25, 0.3) is 0 Å². The van der Waals surface area contributed by atoms with Crippen LogP contribution in [-0.2, 0) is 4.79 Å². The maximum atomic E-state index is 12.3. The highest BCUT2D eigenvalue weighted by Gasteiger charge is 2.20. The van der Waals surface area contributed by atoms with Crippen LogP contribution in [0.4, 0.5) is 11.4 Å². The van der Waals surface area contributed by atoms with Crippen molar-refractivity contribution in [1.29, 1.82) is 0 Å². The minimum Gasteiger partial charge on any atom is -0.368 e. The molecule has 1 aliphatic heterocycles. The Hall–Kier alpha value is -2.09. The summed E-state index contributed by atoms with van der Waals surface area (Å²) in [5.41, 5.74) is 2.54. The summed E-state index contributed by atoms with van der Waals surface area (Å²) in [6.07, 6.45) is 1.53. The molecule has 1 fully saturated rings. The van der Waals surface area contributed by atoms with Gasteiger partial charge < -0.3 is 15.1 Å². The first-order chi connectivity index (χ1) is 13.1. The van der Waals surface area contributed by atoms with Crippen molar-refractivity contribution < 1.29 is 9.59 Å². The van der Waals surface area contributed by atoms with Gasteiger partial charge in [0.25, 0.3) is 5.91 Å². The van der Waals surface area contributed by atoms with Gasteiger partial charge in [-0.2, -0.15) is 0 Å². The Morgan fingerprint density at radius 3 is 2.37 bits per heavy atom. The van der Waals surface area contributed by atoms with Crippen molar-refractivity contribution in [2.24, 2.45) is 0 Å². The summed E-state index contributed by atoms with van der Waals surface area (Å²) < 4.78 is 1.03. The summed E-state index contributed by atoms with van der Waals surface area (Å²) in [6, 6.07) is 15.4. The number of nitrogens with one attached hydrogen (secondary N) is 1. The maximum Gasteiger partial charge on any atom is 0.255 e. The summed E-state index contributed by atoms with van der Waals surface area (Å²) >= 11 is 2.20. The molecular weight excluding hydrogens is 453 g/mol. The molecule has 0 spiro atoms. The average Bonchev–Trinajstić information content (AvgIpc) is 2.69. The molecule has 0 unspecified atom stereocenters. The summed E-state index contributed by atoms with van der Waals surface area (Å²) in [5, 5.41) is 2.94. The van der Waals surface area contributed by atoms with Gasteiger partial charge >= 0.3 is 0 Å². The van der Waals surface area contributed by atoms with Gasteiger partial charge in [0, 0.05) is 53.1 Å². The quantitative estimate of drug-likeness (QED) is 0.663. The Morgan fingerprint density at radius 2 is 1.74 bits per heavy atom. The van der Waals surface area contributed by atoms with Crippen molar-refractivity contribution in [3.8, 4) is 0 Å². The summed E-state index contributed by atoms with van der Waals surface area (Å²) in [4.78, 5) is 28.6.